The number of amides is 1. The molecule has 1 fully saturated rings. The number of benzene rings is 1. The lowest BCUT2D eigenvalue weighted by molar-refractivity contribution is -0.00882. The van der Waals surface area contributed by atoms with Crippen LogP contribution in [0.5, 0.6) is 0 Å². The first kappa shape index (κ1) is 21.1. The number of aromatic nitrogens is 1. The molecule has 0 radical (unpaired) electrons. The van der Waals surface area contributed by atoms with Crippen LogP contribution in [0.3, 0.4) is 0 Å². The van der Waals surface area contributed by atoms with Crippen LogP contribution in [-0.2, 0) is 5.92 Å². The highest BCUT2D eigenvalue weighted by molar-refractivity contribution is 6.29. The highest BCUT2D eigenvalue weighted by Crippen LogP contribution is 2.39. The van der Waals surface area contributed by atoms with Crippen molar-refractivity contribution in [1.82, 2.24) is 9.88 Å². The van der Waals surface area contributed by atoms with E-state index >= 15 is 8.78 Å². The molecule has 0 aliphatic carbocycles. The van der Waals surface area contributed by atoms with Gasteiger partial charge in [-0.25, -0.2) is 9.37 Å². The molecule has 1 saturated heterocycles. The molecular formula is C20H19ClF3N3O2. The second-order valence-corrected chi connectivity index (χ2v) is 7.14. The maximum atomic E-state index is 15.0. The number of aliphatic hydroxyl groups is 1. The maximum absolute atomic E-state index is 15.0. The highest BCUT2D eigenvalue weighted by Gasteiger charge is 2.41. The van der Waals surface area contributed by atoms with Crippen molar-refractivity contribution in [3.05, 3.63) is 70.9 Å². The van der Waals surface area contributed by atoms with Crippen molar-refractivity contribution in [3.63, 3.8) is 0 Å². The molecule has 0 spiro atoms. The summed E-state index contributed by atoms with van der Waals surface area (Å²) in [7, 11) is 0. The summed E-state index contributed by atoms with van der Waals surface area (Å²) in [6.45, 7) is 3.84. The number of likely N-dealkylation sites (tertiary alicyclic amines) is 1. The van der Waals surface area contributed by atoms with Gasteiger partial charge in [0.2, 0.25) is 0 Å². The van der Waals surface area contributed by atoms with Gasteiger partial charge < -0.3 is 15.3 Å². The van der Waals surface area contributed by atoms with E-state index in [1.807, 2.05) is 0 Å². The monoisotopic (exact) mass is 425 g/mol. The Morgan fingerprint density at radius 2 is 1.97 bits per heavy atom. The predicted molar refractivity (Wildman–Crippen MR) is 103 cm³/mol. The Balaban J connectivity index is 1.83. The van der Waals surface area contributed by atoms with Gasteiger partial charge in [-0.3, -0.25) is 4.79 Å². The number of anilines is 1. The van der Waals surface area contributed by atoms with Crippen LogP contribution in [-0.4, -0.2) is 40.1 Å². The van der Waals surface area contributed by atoms with Crippen LogP contribution in [0.2, 0.25) is 5.15 Å². The van der Waals surface area contributed by atoms with Crippen LogP contribution in [0, 0.1) is 5.82 Å². The molecule has 1 aliphatic heterocycles. The van der Waals surface area contributed by atoms with Gasteiger partial charge in [0.05, 0.1) is 17.4 Å². The van der Waals surface area contributed by atoms with E-state index in [-0.39, 0.29) is 23.8 Å². The van der Waals surface area contributed by atoms with E-state index in [9.17, 15) is 14.3 Å². The predicted octanol–water partition coefficient (Wildman–Crippen LogP) is 4.19. The van der Waals surface area contributed by atoms with Crippen LogP contribution >= 0.6 is 11.6 Å². The van der Waals surface area contributed by atoms with E-state index < -0.39 is 35.0 Å². The fraction of sp³-hybridized carbons (Fsp3) is 0.300. The van der Waals surface area contributed by atoms with Crippen molar-refractivity contribution in [2.75, 3.05) is 18.4 Å². The minimum Gasteiger partial charge on any atom is -0.393 e. The number of hydrogen-bond donors (Lipinski definition) is 2. The number of nitrogens with zero attached hydrogens (tertiary/aromatic N) is 2. The van der Waals surface area contributed by atoms with Crippen molar-refractivity contribution in [1.29, 1.82) is 0 Å². The highest BCUT2D eigenvalue weighted by atomic mass is 35.5. The second-order valence-electron chi connectivity index (χ2n) is 6.76. The summed E-state index contributed by atoms with van der Waals surface area (Å²) in [6, 6.07) is 5.63. The van der Waals surface area contributed by atoms with Crippen LogP contribution in [0.1, 0.15) is 28.8 Å². The minimum absolute atomic E-state index is 0.143. The van der Waals surface area contributed by atoms with Crippen LogP contribution < -0.4 is 5.32 Å². The molecule has 0 unspecified atom stereocenters. The summed E-state index contributed by atoms with van der Waals surface area (Å²) in [5.41, 5.74) is -1.32. The molecule has 2 N–H and O–H groups in total. The normalized spacial score (nSPS) is 15.3. The van der Waals surface area contributed by atoms with Crippen LogP contribution in [0.25, 0.3) is 0 Å². The van der Waals surface area contributed by atoms with Crippen molar-refractivity contribution in [2.45, 2.75) is 24.9 Å². The molecule has 0 atom stereocenters. The molecule has 1 aliphatic rings. The first-order valence-corrected chi connectivity index (χ1v) is 9.29. The Hall–Kier alpha value is -2.58. The van der Waals surface area contributed by atoms with Crippen molar-refractivity contribution in [2.24, 2.45) is 0 Å². The lowest BCUT2D eigenvalue weighted by Gasteiger charge is -2.36. The van der Waals surface area contributed by atoms with Crippen LogP contribution in [0.15, 0.2) is 48.8 Å². The number of pyridine rings is 1. The van der Waals surface area contributed by atoms with Crippen molar-refractivity contribution in [3.8, 4) is 0 Å². The molecule has 3 rings (SSSR count). The Morgan fingerprint density at radius 1 is 1.28 bits per heavy atom. The van der Waals surface area contributed by atoms with Gasteiger partial charge >= 0.3 is 5.92 Å². The van der Waals surface area contributed by atoms with Gasteiger partial charge in [-0.05, 0) is 43.2 Å². The Kier molecular flexibility index (Phi) is 6.14. The molecule has 1 aromatic heterocycles. The molecule has 1 amide bonds. The number of carbonyl (C=O) groups excluding carboxylic acids is 1. The number of piperidine rings is 1. The first-order valence-electron chi connectivity index (χ1n) is 8.91. The Morgan fingerprint density at radius 3 is 2.62 bits per heavy atom. The summed E-state index contributed by atoms with van der Waals surface area (Å²) in [6.07, 6.45) is 1.49. The molecule has 5 nitrogen and oxygen atoms in total. The lowest BCUT2D eigenvalue weighted by Crippen LogP contribution is -2.40. The number of allylic oxidation sites excluding steroid dienone is 1. The Bertz CT molecular complexity index is 931. The topological polar surface area (TPSA) is 65.5 Å². The fourth-order valence-electron chi connectivity index (χ4n) is 3.08. The van der Waals surface area contributed by atoms with Gasteiger partial charge in [-0.15, -0.1) is 0 Å². The van der Waals surface area contributed by atoms with Gasteiger partial charge in [-0.1, -0.05) is 18.2 Å². The fourth-order valence-corrected chi connectivity index (χ4v) is 3.25. The molecule has 2 aromatic rings. The largest absolute Gasteiger partial charge is 0.393 e. The van der Waals surface area contributed by atoms with Crippen LogP contribution in [0.4, 0.5) is 18.9 Å². The van der Waals surface area contributed by atoms with E-state index in [0.717, 1.165) is 18.2 Å². The third kappa shape index (κ3) is 4.71. The van der Waals surface area contributed by atoms with E-state index in [1.165, 1.54) is 23.2 Å². The van der Waals surface area contributed by atoms with E-state index in [2.05, 4.69) is 16.9 Å². The number of hydrogen-bond acceptors (Lipinski definition) is 4. The number of halogens is 4. The minimum atomic E-state index is -3.72. The second kappa shape index (κ2) is 8.42. The van der Waals surface area contributed by atoms with Gasteiger partial charge in [0.25, 0.3) is 5.91 Å². The zero-order valence-electron chi connectivity index (χ0n) is 15.3. The quantitative estimate of drug-likeness (QED) is 0.705. The van der Waals surface area contributed by atoms with Crippen molar-refractivity contribution < 1.29 is 23.1 Å². The summed E-state index contributed by atoms with van der Waals surface area (Å²) in [5, 5.41) is 12.2. The van der Waals surface area contributed by atoms with E-state index in [1.54, 1.807) is 0 Å². The van der Waals surface area contributed by atoms with Gasteiger partial charge in [-0.2, -0.15) is 8.78 Å². The maximum Gasteiger partial charge on any atom is 0.314 e. The van der Waals surface area contributed by atoms with E-state index in [0.29, 0.717) is 18.5 Å². The standard InChI is InChI=1S/C20H19ClF3N3O2/c1-12(27-8-5-15(28)6-9-27)20(23,24)16-10-13(2-3-17(16)22)19(29)26-14-4-7-25-18(21)11-14/h2-4,7,10-11,15,28H,1,5-6,8-9H2,(H,25,26,29). The third-order valence-corrected chi connectivity index (χ3v) is 4.97. The molecule has 0 saturated carbocycles. The summed E-state index contributed by atoms with van der Waals surface area (Å²) in [5.74, 6) is -5.56. The first-order chi connectivity index (χ1) is 13.7. The molecule has 9 heteroatoms. The molecule has 154 valence electrons. The van der Waals surface area contributed by atoms with Crippen molar-refractivity contribution >= 4 is 23.2 Å². The average Bonchev–Trinajstić information content (AvgIpc) is 2.68. The van der Waals surface area contributed by atoms with Gasteiger partial charge in [0.1, 0.15) is 11.0 Å². The van der Waals surface area contributed by atoms with Gasteiger partial charge in [0.15, 0.2) is 0 Å². The molecule has 1 aromatic carbocycles. The molecular weight excluding hydrogens is 407 g/mol. The Labute approximate surface area is 170 Å². The number of rotatable bonds is 5. The summed E-state index contributed by atoms with van der Waals surface area (Å²) < 4.78 is 44.3. The average molecular weight is 426 g/mol. The smallest absolute Gasteiger partial charge is 0.314 e. The third-order valence-electron chi connectivity index (χ3n) is 4.76. The van der Waals surface area contributed by atoms with Gasteiger partial charge in [0, 0.05) is 30.5 Å². The molecule has 2 heterocycles. The number of alkyl halides is 2. The zero-order valence-corrected chi connectivity index (χ0v) is 16.1. The lowest BCUT2D eigenvalue weighted by atomic mass is 9.99. The number of nitrogens with one attached hydrogen (secondary N) is 1. The SMILES string of the molecule is C=C(N1CCC(O)CC1)C(F)(F)c1cc(C(=O)Nc2ccnc(Cl)c2)ccc1F. The zero-order chi connectivity index (χ0) is 21.2. The summed E-state index contributed by atoms with van der Waals surface area (Å²) >= 11 is 5.76. The summed E-state index contributed by atoms with van der Waals surface area (Å²) in [4.78, 5) is 17.5. The molecule has 29 heavy (non-hydrogen) atoms. The molecule has 0 bridgehead atoms. The number of aliphatic hydroxyl groups excluding tert-OH is 1. The number of carbonyl (C=O) groups is 1. The van der Waals surface area contributed by atoms with E-state index in [4.69, 9.17) is 11.6 Å².